The number of nitrogens with zero attached hydrogens (tertiary/aromatic N) is 1. The molecule has 1 aliphatic heterocycles. The lowest BCUT2D eigenvalue weighted by atomic mass is 9.99. The zero-order valence-corrected chi connectivity index (χ0v) is 11.8. The summed E-state index contributed by atoms with van der Waals surface area (Å²) in [6.45, 7) is 2.56. The Kier molecular flexibility index (Phi) is 4.12. The molecule has 0 aromatic heterocycles. The van der Waals surface area contributed by atoms with E-state index in [-0.39, 0.29) is 5.91 Å². The predicted octanol–water partition coefficient (Wildman–Crippen LogP) is 0.865. The number of fused-ring (bicyclic) bond motifs is 1. The summed E-state index contributed by atoms with van der Waals surface area (Å²) >= 11 is 0. The quantitative estimate of drug-likeness (QED) is 0.699. The van der Waals surface area contributed by atoms with Crippen LogP contribution in [0.2, 0.25) is 0 Å². The van der Waals surface area contributed by atoms with Crippen LogP contribution in [0, 0.1) is 0 Å². The molecule has 0 fully saturated rings. The smallest absolute Gasteiger partial charge is 0.321 e. The van der Waals surface area contributed by atoms with Gasteiger partial charge >= 0.3 is 6.03 Å². The summed E-state index contributed by atoms with van der Waals surface area (Å²) in [5.41, 5.74) is 8.67. The highest BCUT2D eigenvalue weighted by atomic mass is 16.2. The third-order valence-electron chi connectivity index (χ3n) is 3.57. The van der Waals surface area contributed by atoms with Crippen LogP contribution in [0.3, 0.4) is 0 Å². The summed E-state index contributed by atoms with van der Waals surface area (Å²) in [5, 5.41) is 4.68. The van der Waals surface area contributed by atoms with Gasteiger partial charge in [-0.25, -0.2) is 4.79 Å². The number of imide groups is 1. The number of aryl methyl sites for hydroxylation is 1. The first-order chi connectivity index (χ1) is 9.52. The topological polar surface area (TPSA) is 87.5 Å². The lowest BCUT2D eigenvalue weighted by molar-refractivity contribution is -0.121. The number of urea groups is 1. The van der Waals surface area contributed by atoms with Gasteiger partial charge in [0.05, 0.1) is 0 Å². The van der Waals surface area contributed by atoms with E-state index in [1.807, 2.05) is 23.1 Å². The van der Waals surface area contributed by atoms with Crippen LogP contribution in [0.15, 0.2) is 18.2 Å². The maximum absolute atomic E-state index is 12.1. The summed E-state index contributed by atoms with van der Waals surface area (Å²) < 4.78 is 0. The second kappa shape index (κ2) is 5.81. The molecular weight excluding hydrogens is 256 g/mol. The average molecular weight is 276 g/mol. The summed E-state index contributed by atoms with van der Waals surface area (Å²) in [5.74, 6) is -0.320. The number of nitrogens with one attached hydrogen (secondary N) is 2. The van der Waals surface area contributed by atoms with E-state index in [0.717, 1.165) is 25.1 Å². The number of anilines is 2. The van der Waals surface area contributed by atoms with Crippen molar-refractivity contribution in [3.05, 3.63) is 23.8 Å². The zero-order valence-electron chi connectivity index (χ0n) is 11.8. The second-order valence-electron chi connectivity index (χ2n) is 4.93. The molecule has 4 N–H and O–H groups in total. The Morgan fingerprint density at radius 3 is 2.85 bits per heavy atom. The Morgan fingerprint density at radius 2 is 2.15 bits per heavy atom. The molecule has 1 unspecified atom stereocenters. The second-order valence-corrected chi connectivity index (χ2v) is 4.93. The first-order valence-electron chi connectivity index (χ1n) is 6.70. The molecule has 1 aromatic rings. The average Bonchev–Trinajstić information content (AvgIpc) is 2.45. The molecule has 6 nitrogen and oxygen atoms in total. The molecule has 0 spiro atoms. The van der Waals surface area contributed by atoms with Crippen molar-refractivity contribution in [3.63, 3.8) is 0 Å². The molecule has 1 aliphatic rings. The highest BCUT2D eigenvalue weighted by molar-refractivity contribution is 5.98. The number of hydrogen-bond acceptors (Lipinski definition) is 4. The van der Waals surface area contributed by atoms with E-state index in [1.165, 1.54) is 12.6 Å². The van der Waals surface area contributed by atoms with Crippen LogP contribution in [0.25, 0.3) is 0 Å². The molecule has 0 saturated carbocycles. The van der Waals surface area contributed by atoms with Crippen molar-refractivity contribution >= 4 is 23.3 Å². The minimum Gasteiger partial charge on any atom is -0.399 e. The minimum atomic E-state index is -0.494. The molecule has 0 saturated heterocycles. The molecule has 1 atom stereocenters. The van der Waals surface area contributed by atoms with Gasteiger partial charge in [0, 0.05) is 25.0 Å². The standard InChI is InChI=1S/C14H20N4O2/c1-9(13(19)17-14(20)16-2)18-7-3-4-10-5-6-11(15)8-12(10)18/h5-6,8-9H,3-4,7,15H2,1-2H3,(H2,16,17,19,20). The lowest BCUT2D eigenvalue weighted by Gasteiger charge is -2.35. The van der Waals surface area contributed by atoms with E-state index >= 15 is 0 Å². The number of nitrogen functional groups attached to an aromatic ring is 1. The molecule has 1 heterocycles. The van der Waals surface area contributed by atoms with E-state index in [1.54, 1.807) is 6.92 Å². The van der Waals surface area contributed by atoms with Crippen molar-refractivity contribution in [1.29, 1.82) is 0 Å². The first kappa shape index (κ1) is 14.2. The summed E-state index contributed by atoms with van der Waals surface area (Å²) in [6.07, 6.45) is 1.96. The van der Waals surface area contributed by atoms with Crippen LogP contribution < -0.4 is 21.3 Å². The fraction of sp³-hybridized carbons (Fsp3) is 0.429. The Labute approximate surface area is 118 Å². The van der Waals surface area contributed by atoms with Crippen LogP contribution in [0.1, 0.15) is 18.9 Å². The predicted molar refractivity (Wildman–Crippen MR) is 78.6 cm³/mol. The summed E-state index contributed by atoms with van der Waals surface area (Å²) in [6, 6.07) is 4.84. The fourth-order valence-electron chi connectivity index (χ4n) is 2.44. The van der Waals surface area contributed by atoms with Crippen LogP contribution in [-0.2, 0) is 11.2 Å². The Morgan fingerprint density at radius 1 is 1.40 bits per heavy atom. The van der Waals surface area contributed by atoms with Gasteiger partial charge in [0.15, 0.2) is 0 Å². The molecular formula is C14H20N4O2. The Bertz CT molecular complexity index is 530. The minimum absolute atomic E-state index is 0.320. The molecule has 6 heteroatoms. The van der Waals surface area contributed by atoms with Gasteiger partial charge < -0.3 is 16.0 Å². The molecule has 0 bridgehead atoms. The maximum Gasteiger partial charge on any atom is 0.321 e. The summed E-state index contributed by atoms with van der Waals surface area (Å²) in [7, 11) is 1.48. The highest BCUT2D eigenvalue weighted by Gasteiger charge is 2.26. The van der Waals surface area contributed by atoms with E-state index in [2.05, 4.69) is 10.6 Å². The van der Waals surface area contributed by atoms with E-state index in [9.17, 15) is 9.59 Å². The van der Waals surface area contributed by atoms with Gasteiger partial charge in [0.2, 0.25) is 5.91 Å². The van der Waals surface area contributed by atoms with Crippen molar-refractivity contribution in [2.45, 2.75) is 25.8 Å². The number of amides is 3. The van der Waals surface area contributed by atoms with E-state index < -0.39 is 12.1 Å². The monoisotopic (exact) mass is 276 g/mol. The number of hydrogen-bond donors (Lipinski definition) is 3. The van der Waals surface area contributed by atoms with Gasteiger partial charge in [-0.3, -0.25) is 10.1 Å². The number of rotatable bonds is 2. The van der Waals surface area contributed by atoms with Gasteiger partial charge in [0.25, 0.3) is 0 Å². The number of carbonyl (C=O) groups excluding carboxylic acids is 2. The Hall–Kier alpha value is -2.24. The Balaban J connectivity index is 2.20. The zero-order chi connectivity index (χ0) is 14.7. The highest BCUT2D eigenvalue weighted by Crippen LogP contribution is 2.30. The van der Waals surface area contributed by atoms with Crippen molar-refractivity contribution in [3.8, 4) is 0 Å². The van der Waals surface area contributed by atoms with Crippen molar-refractivity contribution < 1.29 is 9.59 Å². The van der Waals surface area contributed by atoms with E-state index in [0.29, 0.717) is 5.69 Å². The summed E-state index contributed by atoms with van der Waals surface area (Å²) in [4.78, 5) is 25.3. The molecule has 3 amide bonds. The van der Waals surface area contributed by atoms with Gasteiger partial charge in [-0.15, -0.1) is 0 Å². The first-order valence-corrected chi connectivity index (χ1v) is 6.70. The van der Waals surface area contributed by atoms with Crippen molar-refractivity contribution in [2.75, 3.05) is 24.2 Å². The van der Waals surface area contributed by atoms with Crippen LogP contribution in [-0.4, -0.2) is 31.6 Å². The van der Waals surface area contributed by atoms with Crippen molar-refractivity contribution in [1.82, 2.24) is 10.6 Å². The van der Waals surface area contributed by atoms with Crippen LogP contribution in [0.4, 0.5) is 16.2 Å². The molecule has 0 radical (unpaired) electrons. The third-order valence-corrected chi connectivity index (χ3v) is 3.57. The van der Waals surface area contributed by atoms with E-state index in [4.69, 9.17) is 5.73 Å². The maximum atomic E-state index is 12.1. The molecule has 0 aliphatic carbocycles. The van der Waals surface area contributed by atoms with Gasteiger partial charge in [-0.1, -0.05) is 6.07 Å². The third kappa shape index (κ3) is 2.84. The van der Waals surface area contributed by atoms with Gasteiger partial charge in [-0.05, 0) is 37.5 Å². The normalized spacial score (nSPS) is 15.2. The largest absolute Gasteiger partial charge is 0.399 e. The molecule has 20 heavy (non-hydrogen) atoms. The SMILES string of the molecule is CNC(=O)NC(=O)C(C)N1CCCc2ccc(N)cc21. The number of nitrogens with two attached hydrogens (primary N) is 1. The van der Waals surface area contributed by atoms with Crippen molar-refractivity contribution in [2.24, 2.45) is 0 Å². The fourth-order valence-corrected chi connectivity index (χ4v) is 2.44. The number of carbonyl (C=O) groups is 2. The molecule has 1 aromatic carbocycles. The number of benzene rings is 1. The van der Waals surface area contributed by atoms with Crippen LogP contribution >= 0.6 is 0 Å². The molecule has 2 rings (SSSR count). The van der Waals surface area contributed by atoms with Gasteiger partial charge in [-0.2, -0.15) is 0 Å². The van der Waals surface area contributed by atoms with Crippen LogP contribution in [0.5, 0.6) is 0 Å². The lowest BCUT2D eigenvalue weighted by Crippen LogP contribution is -2.50. The van der Waals surface area contributed by atoms with Gasteiger partial charge in [0.1, 0.15) is 6.04 Å². The molecule has 108 valence electrons.